The second kappa shape index (κ2) is 4.21. The number of aliphatic hydroxyl groups excluding tert-OH is 1. The van der Waals surface area contributed by atoms with Gasteiger partial charge in [-0.25, -0.2) is 0 Å². The summed E-state index contributed by atoms with van der Waals surface area (Å²) >= 11 is 0. The van der Waals surface area contributed by atoms with E-state index in [9.17, 15) is 4.79 Å². The maximum absolute atomic E-state index is 10.1. The fourth-order valence-corrected chi connectivity index (χ4v) is 0.515. The van der Waals surface area contributed by atoms with Crippen LogP contribution in [0.5, 0.6) is 0 Å². The van der Waals surface area contributed by atoms with Crippen LogP contribution in [0, 0.1) is 0 Å². The molecule has 0 aliphatic heterocycles. The van der Waals surface area contributed by atoms with Crippen LogP contribution in [0.2, 0.25) is 0 Å². The lowest BCUT2D eigenvalue weighted by Crippen LogP contribution is -2.42. The van der Waals surface area contributed by atoms with Gasteiger partial charge < -0.3 is 21.7 Å². The van der Waals surface area contributed by atoms with Crippen LogP contribution in [0.3, 0.4) is 0 Å². The third-order valence-electron chi connectivity index (χ3n) is 1.16. The minimum Gasteiger partial charge on any atom is -0.480 e. The number of carboxylic acids is 1. The van der Waals surface area contributed by atoms with E-state index in [0.29, 0.717) is 0 Å². The molecule has 0 fully saturated rings. The van der Waals surface area contributed by atoms with E-state index < -0.39 is 18.1 Å². The molecule has 5 nitrogen and oxygen atoms in total. The van der Waals surface area contributed by atoms with Gasteiger partial charge >= 0.3 is 5.97 Å². The van der Waals surface area contributed by atoms with Crippen molar-refractivity contribution < 1.29 is 15.0 Å². The molecule has 0 saturated heterocycles. The molecule has 0 aromatic heterocycles. The lowest BCUT2D eigenvalue weighted by molar-refractivity contribution is -0.141. The average Bonchev–Trinajstić information content (AvgIpc) is 1.87. The summed E-state index contributed by atoms with van der Waals surface area (Å²) in [7, 11) is 0. The van der Waals surface area contributed by atoms with Gasteiger partial charge in [-0.3, -0.25) is 4.79 Å². The molecule has 6 N–H and O–H groups in total. The summed E-state index contributed by atoms with van der Waals surface area (Å²) in [5.41, 5.74) is 10.1. The third kappa shape index (κ3) is 2.77. The van der Waals surface area contributed by atoms with Crippen LogP contribution < -0.4 is 11.5 Å². The highest BCUT2D eigenvalue weighted by atomic mass is 16.4. The number of aliphatic hydroxyl groups is 1. The van der Waals surface area contributed by atoms with Crippen LogP contribution in [0.4, 0.5) is 0 Å². The first-order chi connectivity index (χ1) is 4.59. The minimum atomic E-state index is -1.22. The van der Waals surface area contributed by atoms with Gasteiger partial charge in [0.25, 0.3) is 0 Å². The lowest BCUT2D eigenvalue weighted by Gasteiger charge is -2.12. The van der Waals surface area contributed by atoms with Crippen LogP contribution in [0.1, 0.15) is 6.42 Å². The van der Waals surface area contributed by atoms with Crippen LogP contribution in [0.25, 0.3) is 0 Å². The summed E-state index contributed by atoms with van der Waals surface area (Å²) in [4.78, 5) is 10.1. The second-order valence-electron chi connectivity index (χ2n) is 2.01. The topological polar surface area (TPSA) is 110 Å². The fourth-order valence-electron chi connectivity index (χ4n) is 0.515. The Kier molecular flexibility index (Phi) is 3.94. The number of carbonyl (C=O) groups is 1. The van der Waals surface area contributed by atoms with Gasteiger partial charge in [-0.05, 0) is 13.0 Å². The van der Waals surface area contributed by atoms with Crippen LogP contribution in [-0.4, -0.2) is 34.9 Å². The summed E-state index contributed by atoms with van der Waals surface area (Å²) in [6.07, 6.45) is -0.824. The molecule has 5 heteroatoms. The molecule has 0 heterocycles. The van der Waals surface area contributed by atoms with Crippen molar-refractivity contribution in [3.63, 3.8) is 0 Å². The van der Waals surface area contributed by atoms with Crippen molar-refractivity contribution >= 4 is 5.97 Å². The van der Waals surface area contributed by atoms with E-state index in [-0.39, 0.29) is 13.0 Å². The number of hydrogen-bond donors (Lipinski definition) is 4. The Morgan fingerprint density at radius 2 is 2.10 bits per heavy atom. The minimum absolute atomic E-state index is 0.216. The van der Waals surface area contributed by atoms with Gasteiger partial charge in [0.1, 0.15) is 6.04 Å². The Morgan fingerprint density at radius 3 is 2.40 bits per heavy atom. The molecule has 60 valence electrons. The van der Waals surface area contributed by atoms with Crippen LogP contribution >= 0.6 is 0 Å². The molecule has 10 heavy (non-hydrogen) atoms. The molecule has 0 aliphatic carbocycles. The zero-order valence-corrected chi connectivity index (χ0v) is 5.53. The van der Waals surface area contributed by atoms with E-state index in [1.165, 1.54) is 0 Å². The average molecular weight is 148 g/mol. The second-order valence-corrected chi connectivity index (χ2v) is 2.01. The Morgan fingerprint density at radius 1 is 1.60 bits per heavy atom. The molecular weight excluding hydrogens is 136 g/mol. The van der Waals surface area contributed by atoms with Crippen molar-refractivity contribution in [1.29, 1.82) is 0 Å². The van der Waals surface area contributed by atoms with Crippen molar-refractivity contribution in [3.05, 3.63) is 0 Å². The van der Waals surface area contributed by atoms with Crippen molar-refractivity contribution in [1.82, 2.24) is 0 Å². The van der Waals surface area contributed by atoms with Crippen LogP contribution in [-0.2, 0) is 4.79 Å². The van der Waals surface area contributed by atoms with E-state index in [0.717, 1.165) is 0 Å². The number of rotatable bonds is 4. The SMILES string of the molecule is NCC[C@@H](O)[C@H](N)C(=O)O. The van der Waals surface area contributed by atoms with Crippen molar-refractivity contribution in [2.45, 2.75) is 18.6 Å². The van der Waals surface area contributed by atoms with Gasteiger partial charge in [-0.15, -0.1) is 0 Å². The van der Waals surface area contributed by atoms with E-state index in [2.05, 4.69) is 0 Å². The van der Waals surface area contributed by atoms with E-state index in [1.807, 2.05) is 0 Å². The summed E-state index contributed by atoms with van der Waals surface area (Å²) in [6.45, 7) is 0.238. The highest BCUT2D eigenvalue weighted by molar-refractivity contribution is 5.73. The van der Waals surface area contributed by atoms with E-state index >= 15 is 0 Å². The van der Waals surface area contributed by atoms with Crippen molar-refractivity contribution in [2.75, 3.05) is 6.54 Å². The number of aliphatic carboxylic acids is 1. The molecule has 0 aliphatic rings. The molecule has 0 bridgehead atoms. The lowest BCUT2D eigenvalue weighted by atomic mass is 10.1. The van der Waals surface area contributed by atoms with Crippen molar-refractivity contribution in [2.24, 2.45) is 11.5 Å². The molecule has 0 unspecified atom stereocenters. The molecule has 0 rings (SSSR count). The summed E-state index contributed by atoms with van der Waals surface area (Å²) in [5.74, 6) is -1.21. The largest absolute Gasteiger partial charge is 0.480 e. The highest BCUT2D eigenvalue weighted by Gasteiger charge is 2.20. The van der Waals surface area contributed by atoms with Gasteiger partial charge in [0, 0.05) is 0 Å². The first-order valence-corrected chi connectivity index (χ1v) is 2.96. The molecule has 0 amide bonds. The zero-order valence-electron chi connectivity index (χ0n) is 5.53. The monoisotopic (exact) mass is 148 g/mol. The van der Waals surface area contributed by atoms with E-state index in [1.54, 1.807) is 0 Å². The number of nitrogens with two attached hydrogens (primary N) is 2. The molecule has 0 spiro atoms. The predicted molar refractivity (Wildman–Crippen MR) is 35.3 cm³/mol. The van der Waals surface area contributed by atoms with Gasteiger partial charge in [0.2, 0.25) is 0 Å². The number of carboxylic acid groups (broad SMARTS) is 1. The zero-order chi connectivity index (χ0) is 8.15. The molecule has 0 saturated carbocycles. The van der Waals surface area contributed by atoms with Gasteiger partial charge in [0.15, 0.2) is 0 Å². The molecule has 0 aromatic carbocycles. The first-order valence-electron chi connectivity index (χ1n) is 2.96. The maximum atomic E-state index is 10.1. The Labute approximate surface area is 58.6 Å². The predicted octanol–water partition coefficient (Wildman–Crippen LogP) is -1.89. The Bertz CT molecular complexity index is 117. The summed E-state index contributed by atoms with van der Waals surface area (Å²) in [5, 5.41) is 17.2. The Hall–Kier alpha value is -0.650. The van der Waals surface area contributed by atoms with Crippen molar-refractivity contribution in [3.8, 4) is 0 Å². The maximum Gasteiger partial charge on any atom is 0.323 e. The molecule has 0 aromatic rings. The number of hydrogen-bond acceptors (Lipinski definition) is 4. The van der Waals surface area contributed by atoms with Crippen LogP contribution in [0.15, 0.2) is 0 Å². The fraction of sp³-hybridized carbons (Fsp3) is 0.800. The third-order valence-corrected chi connectivity index (χ3v) is 1.16. The quantitative estimate of drug-likeness (QED) is 0.372. The molecule has 2 atom stereocenters. The Balaban J connectivity index is 3.69. The molecule has 0 radical (unpaired) electrons. The normalized spacial score (nSPS) is 16.3. The molecular formula is C5H12N2O3. The van der Waals surface area contributed by atoms with Gasteiger partial charge in [0.05, 0.1) is 6.10 Å². The standard InChI is InChI=1S/C5H12N2O3/c6-2-1-3(8)4(7)5(9)10/h3-4,8H,1-2,6-7H2,(H,9,10)/t3-,4+/m1/s1. The summed E-state index contributed by atoms with van der Waals surface area (Å²) in [6, 6.07) is -1.22. The van der Waals surface area contributed by atoms with Gasteiger partial charge in [-0.2, -0.15) is 0 Å². The highest BCUT2D eigenvalue weighted by Crippen LogP contribution is 1.94. The van der Waals surface area contributed by atoms with Gasteiger partial charge in [-0.1, -0.05) is 0 Å². The van der Waals surface area contributed by atoms with E-state index in [4.69, 9.17) is 21.7 Å². The first kappa shape index (κ1) is 9.35. The smallest absolute Gasteiger partial charge is 0.323 e. The summed E-state index contributed by atoms with van der Waals surface area (Å²) < 4.78 is 0.